The number of aliphatic hydroxyl groups excluding tert-OH is 1. The molecule has 1 aliphatic carbocycles. The van der Waals surface area contributed by atoms with Crippen LogP contribution in [-0.2, 0) is 19.8 Å². The number of thiocarbonyl (C=S) groups is 1. The molecule has 2 aromatic rings. The van der Waals surface area contributed by atoms with Gasteiger partial charge in [-0.25, -0.2) is 4.98 Å². The maximum atomic E-state index is 9.13. The highest BCUT2D eigenvalue weighted by molar-refractivity contribution is 7.80. The van der Waals surface area contributed by atoms with Crippen LogP contribution in [0.25, 0.3) is 0 Å². The normalized spacial score (nSPS) is 13.3. The molecule has 2 N–H and O–H groups in total. The Bertz CT molecular complexity index is 777. The molecule has 27 heavy (non-hydrogen) atoms. The van der Waals surface area contributed by atoms with E-state index in [0.717, 1.165) is 28.8 Å². The number of hydrogen-bond donors (Lipinski definition) is 2. The van der Waals surface area contributed by atoms with E-state index in [4.69, 9.17) is 26.8 Å². The lowest BCUT2D eigenvalue weighted by Gasteiger charge is -2.26. The summed E-state index contributed by atoms with van der Waals surface area (Å²) >= 11 is 7.00. The Labute approximate surface area is 169 Å². The second kappa shape index (κ2) is 9.34. The fourth-order valence-electron chi connectivity index (χ4n) is 2.76. The molecule has 0 bridgehead atoms. The predicted molar refractivity (Wildman–Crippen MR) is 110 cm³/mol. The van der Waals surface area contributed by atoms with E-state index in [-0.39, 0.29) is 6.61 Å². The first-order valence-corrected chi connectivity index (χ1v) is 10.3. The lowest BCUT2D eigenvalue weighted by molar-refractivity contribution is 0.271. The molecule has 8 heteroatoms. The topological polar surface area (TPSA) is 66.9 Å². The number of nitrogens with one attached hydrogen (secondary N) is 1. The molecule has 1 fully saturated rings. The van der Waals surface area contributed by atoms with Crippen molar-refractivity contribution in [3.8, 4) is 11.5 Å². The first-order chi connectivity index (χ1) is 13.1. The summed E-state index contributed by atoms with van der Waals surface area (Å²) < 4.78 is 11.4. The molecule has 0 saturated heterocycles. The van der Waals surface area contributed by atoms with E-state index in [9.17, 15) is 0 Å². The quantitative estimate of drug-likeness (QED) is 0.619. The van der Waals surface area contributed by atoms with Gasteiger partial charge in [0.05, 0.1) is 19.4 Å². The summed E-state index contributed by atoms with van der Waals surface area (Å²) in [6, 6.07) is 6.49. The van der Waals surface area contributed by atoms with Crippen molar-refractivity contribution < 1.29 is 14.6 Å². The van der Waals surface area contributed by atoms with Gasteiger partial charge in [-0.3, -0.25) is 0 Å². The number of rotatable bonds is 9. The summed E-state index contributed by atoms with van der Waals surface area (Å²) in [5.74, 6) is 1.37. The number of aromatic nitrogens is 1. The van der Waals surface area contributed by atoms with Crippen LogP contribution in [0.15, 0.2) is 23.6 Å². The molecule has 0 atom stereocenters. The summed E-state index contributed by atoms with van der Waals surface area (Å²) in [4.78, 5) is 6.56. The molecule has 0 unspecified atom stereocenters. The Morgan fingerprint density at radius 3 is 2.85 bits per heavy atom. The number of thiazole rings is 1. The van der Waals surface area contributed by atoms with Crippen molar-refractivity contribution in [3.05, 3.63) is 39.8 Å². The molecule has 1 aromatic heterocycles. The van der Waals surface area contributed by atoms with E-state index < -0.39 is 0 Å². The average Bonchev–Trinajstić information content (AvgIpc) is 3.42. The zero-order chi connectivity index (χ0) is 19.2. The molecular formula is C19H25N3O3S2. The molecule has 1 saturated carbocycles. The van der Waals surface area contributed by atoms with Crippen LogP contribution in [0, 0.1) is 0 Å². The lowest BCUT2D eigenvalue weighted by Crippen LogP contribution is -2.40. The van der Waals surface area contributed by atoms with Crippen molar-refractivity contribution in [2.24, 2.45) is 0 Å². The van der Waals surface area contributed by atoms with Crippen molar-refractivity contribution in [2.45, 2.75) is 45.6 Å². The maximum Gasteiger partial charge on any atom is 0.169 e. The Hall–Kier alpha value is -1.90. The highest BCUT2D eigenvalue weighted by atomic mass is 32.1. The van der Waals surface area contributed by atoms with Crippen molar-refractivity contribution in [1.82, 2.24) is 15.2 Å². The van der Waals surface area contributed by atoms with Crippen LogP contribution in [0.4, 0.5) is 0 Å². The number of methoxy groups -OCH3 is 1. The van der Waals surface area contributed by atoms with E-state index in [1.165, 1.54) is 24.2 Å². The fourth-order valence-corrected chi connectivity index (χ4v) is 3.82. The molecule has 0 spiro atoms. The van der Waals surface area contributed by atoms with Crippen molar-refractivity contribution in [1.29, 1.82) is 0 Å². The second-order valence-electron chi connectivity index (χ2n) is 6.36. The van der Waals surface area contributed by atoms with E-state index >= 15 is 0 Å². The minimum Gasteiger partial charge on any atom is -0.493 e. The van der Waals surface area contributed by atoms with Gasteiger partial charge in [-0.2, -0.15) is 0 Å². The number of hydrogen-bond acceptors (Lipinski definition) is 6. The minimum absolute atomic E-state index is 0.0575. The number of aliphatic hydroxyl groups is 1. The number of nitrogens with zero attached hydrogens (tertiary/aromatic N) is 2. The van der Waals surface area contributed by atoms with Gasteiger partial charge in [0.2, 0.25) is 0 Å². The van der Waals surface area contributed by atoms with Crippen molar-refractivity contribution >= 4 is 28.7 Å². The Balaban J connectivity index is 1.71. The van der Waals surface area contributed by atoms with Gasteiger partial charge in [0.15, 0.2) is 16.6 Å². The molecule has 0 aliphatic heterocycles. The number of ether oxygens (including phenoxy) is 2. The molecule has 1 aromatic carbocycles. The van der Waals surface area contributed by atoms with Gasteiger partial charge in [0.25, 0.3) is 0 Å². The van der Waals surface area contributed by atoms with Gasteiger partial charge >= 0.3 is 0 Å². The van der Waals surface area contributed by atoms with Gasteiger partial charge < -0.3 is 24.8 Å². The molecule has 0 radical (unpaired) electrons. The lowest BCUT2D eigenvalue weighted by atomic mass is 10.2. The van der Waals surface area contributed by atoms with E-state index in [0.29, 0.717) is 29.8 Å². The minimum atomic E-state index is -0.0575. The molecule has 1 aliphatic rings. The molecule has 1 heterocycles. The zero-order valence-corrected chi connectivity index (χ0v) is 17.2. The van der Waals surface area contributed by atoms with E-state index in [1.54, 1.807) is 7.11 Å². The van der Waals surface area contributed by atoms with Crippen LogP contribution in [0.3, 0.4) is 0 Å². The van der Waals surface area contributed by atoms with Crippen LogP contribution in [0.2, 0.25) is 0 Å². The summed E-state index contributed by atoms with van der Waals surface area (Å²) in [5.41, 5.74) is 1.78. The van der Waals surface area contributed by atoms with Crippen molar-refractivity contribution in [2.75, 3.05) is 13.7 Å². The molecule has 3 rings (SSSR count). The van der Waals surface area contributed by atoms with Crippen LogP contribution < -0.4 is 14.8 Å². The van der Waals surface area contributed by atoms with E-state index in [1.807, 2.05) is 23.6 Å². The molecule has 6 nitrogen and oxygen atoms in total. The highest BCUT2D eigenvalue weighted by Gasteiger charge is 2.30. The monoisotopic (exact) mass is 407 g/mol. The van der Waals surface area contributed by atoms with Gasteiger partial charge in [-0.1, -0.05) is 6.07 Å². The largest absolute Gasteiger partial charge is 0.493 e. The van der Waals surface area contributed by atoms with Crippen LogP contribution in [0.1, 0.15) is 36.0 Å². The van der Waals surface area contributed by atoms with Crippen LogP contribution in [0.5, 0.6) is 11.5 Å². The van der Waals surface area contributed by atoms with Crippen molar-refractivity contribution in [3.63, 3.8) is 0 Å². The van der Waals surface area contributed by atoms with Crippen LogP contribution >= 0.6 is 23.6 Å². The third kappa shape index (κ3) is 5.31. The summed E-state index contributed by atoms with van der Waals surface area (Å²) in [6.45, 7) is 3.90. The van der Waals surface area contributed by atoms with Crippen LogP contribution in [-0.4, -0.2) is 39.8 Å². The summed E-state index contributed by atoms with van der Waals surface area (Å²) in [5, 5.41) is 15.8. The summed E-state index contributed by atoms with van der Waals surface area (Å²) in [6.07, 6.45) is 2.37. The molecule has 146 valence electrons. The maximum absolute atomic E-state index is 9.13. The van der Waals surface area contributed by atoms with Gasteiger partial charge in [-0.05, 0) is 49.7 Å². The Morgan fingerprint density at radius 2 is 2.22 bits per heavy atom. The first kappa shape index (κ1) is 19.9. The van der Waals surface area contributed by atoms with Gasteiger partial charge in [0, 0.05) is 24.5 Å². The second-order valence-corrected chi connectivity index (χ2v) is 7.69. The van der Waals surface area contributed by atoms with Gasteiger partial charge in [-0.15, -0.1) is 11.3 Å². The summed E-state index contributed by atoms with van der Waals surface area (Å²) in [7, 11) is 1.63. The standard InChI is InChI=1S/C19H25N3O3S2/c1-3-20-19(26)22(15-5-6-15)9-13-4-7-16(24-2)17(8-13)25-11-18-21-14(10-23)12-27-18/h4,7-8,12,15,23H,3,5-6,9-11H2,1-2H3,(H,20,26). The molecule has 0 amide bonds. The fraction of sp³-hybridized carbons (Fsp3) is 0.474. The Kier molecular flexibility index (Phi) is 6.87. The zero-order valence-electron chi connectivity index (χ0n) is 15.6. The third-order valence-corrected chi connectivity index (χ3v) is 5.52. The average molecular weight is 408 g/mol. The Morgan fingerprint density at radius 1 is 1.41 bits per heavy atom. The predicted octanol–water partition coefficient (Wildman–Crippen LogP) is 3.08. The highest BCUT2D eigenvalue weighted by Crippen LogP contribution is 2.32. The SMILES string of the molecule is CCNC(=S)N(Cc1ccc(OC)c(OCc2nc(CO)cs2)c1)C1CC1. The molecular weight excluding hydrogens is 382 g/mol. The third-order valence-electron chi connectivity index (χ3n) is 4.27. The van der Waals surface area contributed by atoms with E-state index in [2.05, 4.69) is 22.1 Å². The van der Waals surface area contributed by atoms with Gasteiger partial charge in [0.1, 0.15) is 11.6 Å². The first-order valence-electron chi connectivity index (χ1n) is 9.03. The smallest absolute Gasteiger partial charge is 0.169 e. The number of benzene rings is 1.